The van der Waals surface area contributed by atoms with Gasteiger partial charge in [-0.25, -0.2) is 0 Å². The van der Waals surface area contributed by atoms with Gasteiger partial charge in [-0.1, -0.05) is 0 Å². The third-order valence-electron chi connectivity index (χ3n) is 5.35. The average molecular weight is 330 g/mol. The molecule has 1 aromatic rings. The molecule has 1 aromatic carbocycles. The molecule has 3 rings (SSSR count). The van der Waals surface area contributed by atoms with Crippen LogP contribution in [0.15, 0.2) is 24.3 Å². The molecule has 24 heavy (non-hydrogen) atoms. The van der Waals surface area contributed by atoms with Crippen LogP contribution in [0.4, 0.5) is 5.69 Å². The molecular weight excluding hydrogens is 300 g/mol. The summed E-state index contributed by atoms with van der Waals surface area (Å²) in [5.74, 6) is 0.820. The summed E-state index contributed by atoms with van der Waals surface area (Å²) in [4.78, 5) is 17.2. The molecule has 2 saturated heterocycles. The topological polar surface area (TPSA) is 32.8 Å². The molecule has 2 heterocycles. The van der Waals surface area contributed by atoms with E-state index < -0.39 is 0 Å². The highest BCUT2D eigenvalue weighted by molar-refractivity contribution is 5.94. The minimum absolute atomic E-state index is 0.194. The summed E-state index contributed by atoms with van der Waals surface area (Å²) >= 11 is 0. The zero-order chi connectivity index (χ0) is 16.8. The summed E-state index contributed by atoms with van der Waals surface area (Å²) in [5.41, 5.74) is 2.08. The third-order valence-corrected chi connectivity index (χ3v) is 5.35. The van der Waals surface area contributed by atoms with Crippen molar-refractivity contribution >= 4 is 11.6 Å². The van der Waals surface area contributed by atoms with E-state index in [1.54, 1.807) is 7.11 Å². The summed E-state index contributed by atoms with van der Waals surface area (Å²) in [7, 11) is 1.75. The average Bonchev–Trinajstić information content (AvgIpc) is 3.16. The van der Waals surface area contributed by atoms with Crippen LogP contribution < -0.4 is 4.90 Å². The molecule has 1 amide bonds. The quantitative estimate of drug-likeness (QED) is 0.748. The van der Waals surface area contributed by atoms with E-state index in [0.29, 0.717) is 5.92 Å². The summed E-state index contributed by atoms with van der Waals surface area (Å²) in [6.07, 6.45) is 7.16. The zero-order valence-corrected chi connectivity index (χ0v) is 14.9. The number of carbonyl (C=O) groups is 1. The molecule has 1 unspecified atom stereocenters. The number of carbonyl (C=O) groups excluding carboxylic acids is 1. The lowest BCUT2D eigenvalue weighted by Crippen LogP contribution is -2.40. The van der Waals surface area contributed by atoms with Crippen molar-refractivity contribution in [3.05, 3.63) is 29.8 Å². The lowest BCUT2D eigenvalue weighted by atomic mass is 9.93. The van der Waals surface area contributed by atoms with Crippen LogP contribution in [0.25, 0.3) is 0 Å². The maximum Gasteiger partial charge on any atom is 0.253 e. The predicted molar refractivity (Wildman–Crippen MR) is 97.6 cm³/mol. The Morgan fingerprint density at radius 1 is 1.12 bits per heavy atom. The highest BCUT2D eigenvalue weighted by Gasteiger charge is 2.24. The maximum atomic E-state index is 12.8. The largest absolute Gasteiger partial charge is 0.385 e. The number of amides is 1. The van der Waals surface area contributed by atoms with E-state index in [4.69, 9.17) is 4.74 Å². The molecule has 0 spiro atoms. The van der Waals surface area contributed by atoms with Crippen LogP contribution in [-0.2, 0) is 4.74 Å². The number of methoxy groups -OCH3 is 1. The van der Waals surface area contributed by atoms with Crippen molar-refractivity contribution < 1.29 is 9.53 Å². The summed E-state index contributed by atoms with van der Waals surface area (Å²) in [5, 5.41) is 0. The first-order chi connectivity index (χ1) is 11.8. The van der Waals surface area contributed by atoms with Gasteiger partial charge in [-0.15, -0.1) is 0 Å². The van der Waals surface area contributed by atoms with Gasteiger partial charge in [0.15, 0.2) is 0 Å². The second kappa shape index (κ2) is 8.52. The molecule has 0 bridgehead atoms. The zero-order valence-electron chi connectivity index (χ0n) is 14.9. The van der Waals surface area contributed by atoms with Crippen molar-refractivity contribution in [1.29, 1.82) is 0 Å². The Bertz CT molecular complexity index is 523. The molecule has 0 aromatic heterocycles. The Hall–Kier alpha value is -1.55. The van der Waals surface area contributed by atoms with E-state index in [2.05, 4.69) is 17.0 Å². The van der Waals surface area contributed by atoms with Crippen molar-refractivity contribution in [3.63, 3.8) is 0 Å². The Kier molecular flexibility index (Phi) is 6.13. The lowest BCUT2D eigenvalue weighted by molar-refractivity contribution is 0.0660. The molecule has 2 aliphatic heterocycles. The number of ether oxygens (including phenoxy) is 1. The van der Waals surface area contributed by atoms with E-state index in [0.717, 1.165) is 57.6 Å². The van der Waals surface area contributed by atoms with Crippen LogP contribution in [0.5, 0.6) is 0 Å². The van der Waals surface area contributed by atoms with E-state index in [9.17, 15) is 4.79 Å². The SMILES string of the molecule is COCCCC1CCCN(C(=O)c2ccc(N3CCCC3)cc2)C1. The molecule has 1 atom stereocenters. The number of rotatable bonds is 6. The van der Waals surface area contributed by atoms with Gasteiger partial charge in [-0.05, 0) is 68.7 Å². The second-order valence-corrected chi connectivity index (χ2v) is 7.14. The molecule has 2 fully saturated rings. The minimum Gasteiger partial charge on any atom is -0.385 e. The van der Waals surface area contributed by atoms with Gasteiger partial charge in [0.2, 0.25) is 0 Å². The first-order valence-electron chi connectivity index (χ1n) is 9.41. The highest BCUT2D eigenvalue weighted by atomic mass is 16.5. The number of hydrogen-bond donors (Lipinski definition) is 0. The summed E-state index contributed by atoms with van der Waals surface area (Å²) < 4.78 is 5.15. The van der Waals surface area contributed by atoms with Gasteiger partial charge in [0, 0.05) is 51.1 Å². The number of anilines is 1. The first-order valence-corrected chi connectivity index (χ1v) is 9.41. The molecule has 0 N–H and O–H groups in total. The van der Waals surface area contributed by atoms with Crippen LogP contribution in [0.1, 0.15) is 48.9 Å². The molecule has 0 radical (unpaired) electrons. The van der Waals surface area contributed by atoms with Crippen molar-refractivity contribution in [3.8, 4) is 0 Å². The van der Waals surface area contributed by atoms with Gasteiger partial charge in [-0.2, -0.15) is 0 Å². The molecule has 2 aliphatic rings. The number of benzene rings is 1. The molecule has 4 heteroatoms. The van der Waals surface area contributed by atoms with Crippen LogP contribution in [0.2, 0.25) is 0 Å². The third kappa shape index (κ3) is 4.29. The highest BCUT2D eigenvalue weighted by Crippen LogP contribution is 2.24. The van der Waals surface area contributed by atoms with E-state index in [1.165, 1.54) is 24.9 Å². The molecule has 4 nitrogen and oxygen atoms in total. The number of nitrogens with zero attached hydrogens (tertiary/aromatic N) is 2. The molecular formula is C20H30N2O2. The van der Waals surface area contributed by atoms with Gasteiger partial charge in [0.05, 0.1) is 0 Å². The fourth-order valence-corrected chi connectivity index (χ4v) is 3.97. The monoisotopic (exact) mass is 330 g/mol. The summed E-state index contributed by atoms with van der Waals surface area (Å²) in [6, 6.07) is 8.23. The molecule has 0 saturated carbocycles. The van der Waals surface area contributed by atoms with Gasteiger partial charge < -0.3 is 14.5 Å². The van der Waals surface area contributed by atoms with Crippen molar-refractivity contribution in [2.24, 2.45) is 5.92 Å². The van der Waals surface area contributed by atoms with Crippen LogP contribution in [-0.4, -0.2) is 50.7 Å². The lowest BCUT2D eigenvalue weighted by Gasteiger charge is -2.33. The Morgan fingerprint density at radius 2 is 1.88 bits per heavy atom. The number of hydrogen-bond acceptors (Lipinski definition) is 3. The van der Waals surface area contributed by atoms with Crippen molar-refractivity contribution in [1.82, 2.24) is 4.90 Å². The maximum absolute atomic E-state index is 12.8. The fraction of sp³-hybridized carbons (Fsp3) is 0.650. The smallest absolute Gasteiger partial charge is 0.253 e. The fourth-order valence-electron chi connectivity index (χ4n) is 3.97. The van der Waals surface area contributed by atoms with Gasteiger partial charge in [-0.3, -0.25) is 4.79 Å². The van der Waals surface area contributed by atoms with Crippen molar-refractivity contribution in [2.45, 2.75) is 38.5 Å². The summed E-state index contributed by atoms with van der Waals surface area (Å²) in [6.45, 7) is 4.90. The van der Waals surface area contributed by atoms with Gasteiger partial charge in [0.25, 0.3) is 5.91 Å². The first kappa shape index (κ1) is 17.3. The Labute approximate surface area is 145 Å². The van der Waals surface area contributed by atoms with E-state index in [-0.39, 0.29) is 5.91 Å². The molecule has 132 valence electrons. The number of piperidine rings is 1. The normalized spacial score (nSPS) is 21.3. The standard InChI is InChI=1S/C20H30N2O2/c1-24-15-5-7-17-6-4-14-22(16-17)20(23)18-8-10-19(11-9-18)21-12-2-3-13-21/h8-11,17H,2-7,12-16H2,1H3. The number of likely N-dealkylation sites (tertiary alicyclic amines) is 1. The Morgan fingerprint density at radius 3 is 2.58 bits per heavy atom. The van der Waals surface area contributed by atoms with Crippen LogP contribution >= 0.6 is 0 Å². The van der Waals surface area contributed by atoms with Gasteiger partial charge in [0.1, 0.15) is 0 Å². The Balaban J connectivity index is 1.56. The molecule has 0 aliphatic carbocycles. The van der Waals surface area contributed by atoms with Crippen LogP contribution in [0.3, 0.4) is 0 Å². The minimum atomic E-state index is 0.194. The van der Waals surface area contributed by atoms with Crippen LogP contribution in [0, 0.1) is 5.92 Å². The predicted octanol–water partition coefficient (Wildman–Crippen LogP) is 3.57. The van der Waals surface area contributed by atoms with Gasteiger partial charge >= 0.3 is 0 Å². The van der Waals surface area contributed by atoms with E-state index in [1.807, 2.05) is 17.0 Å². The second-order valence-electron chi connectivity index (χ2n) is 7.14. The van der Waals surface area contributed by atoms with Crippen molar-refractivity contribution in [2.75, 3.05) is 44.8 Å². The van der Waals surface area contributed by atoms with E-state index >= 15 is 0 Å².